The molecule has 15 heavy (non-hydrogen) atoms. The topological polar surface area (TPSA) is 60.2 Å². The number of rotatable bonds is 3. The SMILES string of the molecule is COCc1noc(C2NCCCC2C)n1. The van der Waals surface area contributed by atoms with E-state index >= 15 is 0 Å². The minimum atomic E-state index is 0.205. The quantitative estimate of drug-likeness (QED) is 0.816. The number of methoxy groups -OCH3 is 1. The van der Waals surface area contributed by atoms with Crippen LogP contribution in [-0.2, 0) is 11.3 Å². The molecule has 5 nitrogen and oxygen atoms in total. The average Bonchev–Trinajstić information content (AvgIpc) is 2.68. The standard InChI is InChI=1S/C10H17N3O2/c1-7-4-3-5-11-9(7)10-12-8(6-14-2)13-15-10/h7,9,11H,3-6H2,1-2H3. The zero-order valence-corrected chi connectivity index (χ0v) is 9.19. The van der Waals surface area contributed by atoms with Crippen LogP contribution in [0.5, 0.6) is 0 Å². The van der Waals surface area contributed by atoms with Gasteiger partial charge in [0.15, 0.2) is 5.82 Å². The number of piperidine rings is 1. The van der Waals surface area contributed by atoms with Gasteiger partial charge in [0.2, 0.25) is 5.89 Å². The molecule has 1 N–H and O–H groups in total. The molecule has 5 heteroatoms. The molecule has 0 aromatic carbocycles. The summed E-state index contributed by atoms with van der Waals surface area (Å²) in [6.45, 7) is 3.64. The molecule has 0 amide bonds. The van der Waals surface area contributed by atoms with E-state index in [2.05, 4.69) is 22.4 Å². The van der Waals surface area contributed by atoms with Crippen molar-refractivity contribution in [2.75, 3.05) is 13.7 Å². The summed E-state index contributed by atoms with van der Waals surface area (Å²) in [6.07, 6.45) is 2.43. The zero-order chi connectivity index (χ0) is 10.7. The molecule has 1 aliphatic heterocycles. The largest absolute Gasteiger partial charge is 0.377 e. The number of nitrogens with one attached hydrogen (secondary N) is 1. The van der Waals surface area contributed by atoms with Crippen LogP contribution in [0.3, 0.4) is 0 Å². The lowest BCUT2D eigenvalue weighted by atomic mass is 9.93. The van der Waals surface area contributed by atoms with E-state index in [4.69, 9.17) is 9.26 Å². The molecule has 2 unspecified atom stereocenters. The third-order valence-corrected chi connectivity index (χ3v) is 2.79. The Hall–Kier alpha value is -0.940. The molecule has 2 heterocycles. The average molecular weight is 211 g/mol. The summed E-state index contributed by atoms with van der Waals surface area (Å²) in [5, 5.41) is 7.27. The van der Waals surface area contributed by atoms with E-state index in [1.54, 1.807) is 7.11 Å². The Morgan fingerprint density at radius 2 is 2.47 bits per heavy atom. The maximum atomic E-state index is 5.22. The molecule has 1 fully saturated rings. The fraction of sp³-hybridized carbons (Fsp3) is 0.800. The summed E-state index contributed by atoms with van der Waals surface area (Å²) in [6, 6.07) is 0.205. The van der Waals surface area contributed by atoms with Gasteiger partial charge >= 0.3 is 0 Å². The van der Waals surface area contributed by atoms with Crippen LogP contribution in [0.25, 0.3) is 0 Å². The van der Waals surface area contributed by atoms with E-state index in [0.717, 1.165) is 6.54 Å². The lowest BCUT2D eigenvalue weighted by Crippen LogP contribution is -2.33. The number of hydrogen-bond acceptors (Lipinski definition) is 5. The lowest BCUT2D eigenvalue weighted by Gasteiger charge is -2.26. The van der Waals surface area contributed by atoms with Crippen molar-refractivity contribution >= 4 is 0 Å². The third-order valence-electron chi connectivity index (χ3n) is 2.79. The Balaban J connectivity index is 2.06. The summed E-state index contributed by atoms with van der Waals surface area (Å²) >= 11 is 0. The normalized spacial score (nSPS) is 26.8. The molecule has 1 aromatic heterocycles. The second kappa shape index (κ2) is 4.72. The van der Waals surface area contributed by atoms with Crippen molar-refractivity contribution in [3.05, 3.63) is 11.7 Å². The molecule has 0 bridgehead atoms. The second-order valence-electron chi connectivity index (χ2n) is 4.03. The summed E-state index contributed by atoms with van der Waals surface area (Å²) in [5.74, 6) is 1.86. The molecule has 2 atom stereocenters. The predicted octanol–water partition coefficient (Wildman–Crippen LogP) is 1.28. The molecule has 1 aliphatic rings. The molecule has 0 aliphatic carbocycles. The first kappa shape index (κ1) is 10.6. The second-order valence-corrected chi connectivity index (χ2v) is 4.03. The first-order chi connectivity index (χ1) is 7.31. The number of hydrogen-bond donors (Lipinski definition) is 1. The lowest BCUT2D eigenvalue weighted by molar-refractivity contribution is 0.174. The molecule has 0 spiro atoms. The molecule has 1 aromatic rings. The van der Waals surface area contributed by atoms with Crippen LogP contribution in [0.4, 0.5) is 0 Å². The highest BCUT2D eigenvalue weighted by molar-refractivity contribution is 4.96. The van der Waals surface area contributed by atoms with Crippen LogP contribution >= 0.6 is 0 Å². The first-order valence-corrected chi connectivity index (χ1v) is 5.36. The molecule has 2 rings (SSSR count). The van der Waals surface area contributed by atoms with Crippen LogP contribution in [-0.4, -0.2) is 23.8 Å². The number of aromatic nitrogens is 2. The molecule has 84 valence electrons. The van der Waals surface area contributed by atoms with Crippen molar-refractivity contribution in [2.24, 2.45) is 5.92 Å². The van der Waals surface area contributed by atoms with Crippen molar-refractivity contribution in [2.45, 2.75) is 32.4 Å². The van der Waals surface area contributed by atoms with E-state index in [9.17, 15) is 0 Å². The maximum absolute atomic E-state index is 5.22. The van der Waals surface area contributed by atoms with E-state index in [1.807, 2.05) is 0 Å². The van der Waals surface area contributed by atoms with Crippen LogP contribution < -0.4 is 5.32 Å². The van der Waals surface area contributed by atoms with Gasteiger partial charge in [0, 0.05) is 7.11 Å². The van der Waals surface area contributed by atoms with Gasteiger partial charge in [-0.1, -0.05) is 12.1 Å². The monoisotopic (exact) mass is 211 g/mol. The highest BCUT2D eigenvalue weighted by Crippen LogP contribution is 2.27. The molecule has 0 radical (unpaired) electrons. The van der Waals surface area contributed by atoms with Crippen molar-refractivity contribution in [1.82, 2.24) is 15.5 Å². The van der Waals surface area contributed by atoms with Gasteiger partial charge in [0.1, 0.15) is 6.61 Å². The summed E-state index contributed by atoms with van der Waals surface area (Å²) in [5.41, 5.74) is 0. The molecular weight excluding hydrogens is 194 g/mol. The van der Waals surface area contributed by atoms with Gasteiger partial charge in [-0.3, -0.25) is 0 Å². The van der Waals surface area contributed by atoms with Crippen LogP contribution in [0, 0.1) is 5.92 Å². The number of ether oxygens (including phenoxy) is 1. The summed E-state index contributed by atoms with van der Waals surface area (Å²) in [7, 11) is 1.62. The van der Waals surface area contributed by atoms with Gasteiger partial charge in [-0.25, -0.2) is 0 Å². The maximum Gasteiger partial charge on any atom is 0.244 e. The van der Waals surface area contributed by atoms with E-state index in [-0.39, 0.29) is 6.04 Å². The van der Waals surface area contributed by atoms with Gasteiger partial charge in [-0.15, -0.1) is 0 Å². The van der Waals surface area contributed by atoms with Gasteiger partial charge in [0.05, 0.1) is 6.04 Å². The van der Waals surface area contributed by atoms with Crippen molar-refractivity contribution in [3.63, 3.8) is 0 Å². The van der Waals surface area contributed by atoms with Crippen molar-refractivity contribution < 1.29 is 9.26 Å². The molecular formula is C10H17N3O2. The van der Waals surface area contributed by atoms with Gasteiger partial charge in [0.25, 0.3) is 0 Å². The third kappa shape index (κ3) is 2.35. The predicted molar refractivity (Wildman–Crippen MR) is 54.2 cm³/mol. The van der Waals surface area contributed by atoms with Gasteiger partial charge in [-0.05, 0) is 25.3 Å². The van der Waals surface area contributed by atoms with Crippen LogP contribution in [0.2, 0.25) is 0 Å². The Bertz CT molecular complexity index is 313. The fourth-order valence-corrected chi connectivity index (χ4v) is 1.96. The minimum Gasteiger partial charge on any atom is -0.377 e. The van der Waals surface area contributed by atoms with E-state index in [0.29, 0.717) is 24.2 Å². The summed E-state index contributed by atoms with van der Waals surface area (Å²) < 4.78 is 10.2. The molecule has 1 saturated heterocycles. The van der Waals surface area contributed by atoms with E-state index in [1.165, 1.54) is 12.8 Å². The van der Waals surface area contributed by atoms with E-state index < -0.39 is 0 Å². The fourth-order valence-electron chi connectivity index (χ4n) is 1.96. The smallest absolute Gasteiger partial charge is 0.244 e. The molecule has 0 saturated carbocycles. The van der Waals surface area contributed by atoms with Gasteiger partial charge < -0.3 is 14.6 Å². The highest BCUT2D eigenvalue weighted by atomic mass is 16.5. The van der Waals surface area contributed by atoms with Crippen LogP contribution in [0.1, 0.15) is 37.5 Å². The van der Waals surface area contributed by atoms with Gasteiger partial charge in [-0.2, -0.15) is 4.98 Å². The Morgan fingerprint density at radius 1 is 1.60 bits per heavy atom. The zero-order valence-electron chi connectivity index (χ0n) is 9.19. The summed E-state index contributed by atoms with van der Waals surface area (Å²) in [4.78, 5) is 4.31. The van der Waals surface area contributed by atoms with Crippen LogP contribution in [0.15, 0.2) is 4.52 Å². The van der Waals surface area contributed by atoms with Crippen molar-refractivity contribution in [3.8, 4) is 0 Å². The van der Waals surface area contributed by atoms with Crippen molar-refractivity contribution in [1.29, 1.82) is 0 Å². The first-order valence-electron chi connectivity index (χ1n) is 5.36. The Labute approximate surface area is 89.2 Å². The Morgan fingerprint density at radius 3 is 3.20 bits per heavy atom. The Kier molecular flexibility index (Phi) is 3.33. The number of nitrogens with zero attached hydrogens (tertiary/aromatic N) is 2. The minimum absolute atomic E-state index is 0.205. The highest BCUT2D eigenvalue weighted by Gasteiger charge is 2.27.